The molecule has 1 atom stereocenters. The molecule has 0 aromatic carbocycles. The van der Waals surface area contributed by atoms with Crippen LogP contribution in [0.2, 0.25) is 0 Å². The van der Waals surface area contributed by atoms with Gasteiger partial charge in [-0.15, -0.1) is 5.16 Å². The van der Waals surface area contributed by atoms with E-state index in [0.717, 1.165) is 19.3 Å². The first-order valence-electron chi connectivity index (χ1n) is 5.61. The van der Waals surface area contributed by atoms with Gasteiger partial charge in [0.05, 0.1) is 6.61 Å². The van der Waals surface area contributed by atoms with Crippen LogP contribution in [0.25, 0.3) is 0 Å². The van der Waals surface area contributed by atoms with Gasteiger partial charge in [-0.2, -0.15) is 0 Å². The molecule has 4 nitrogen and oxygen atoms in total. The smallest absolute Gasteiger partial charge is 0.333 e. The predicted octanol–water partition coefficient (Wildman–Crippen LogP) is 2.76. The monoisotopic (exact) mass is 227 g/mol. The Bertz CT molecular complexity index is 259. The highest BCUT2D eigenvalue weighted by molar-refractivity contribution is 5.87. The third-order valence-corrected chi connectivity index (χ3v) is 2.30. The van der Waals surface area contributed by atoms with Crippen molar-refractivity contribution >= 4 is 12.2 Å². The first-order valence-corrected chi connectivity index (χ1v) is 5.61. The summed E-state index contributed by atoms with van der Waals surface area (Å²) >= 11 is 0. The Morgan fingerprint density at radius 2 is 2.25 bits per heavy atom. The molecule has 0 radical (unpaired) electrons. The van der Waals surface area contributed by atoms with Gasteiger partial charge in [0.2, 0.25) is 0 Å². The van der Waals surface area contributed by atoms with Crippen LogP contribution in [0, 0.1) is 5.92 Å². The van der Waals surface area contributed by atoms with E-state index in [-0.39, 0.29) is 5.97 Å². The fourth-order valence-electron chi connectivity index (χ4n) is 1.26. The number of ether oxygens (including phenoxy) is 1. The van der Waals surface area contributed by atoms with Gasteiger partial charge >= 0.3 is 5.97 Å². The van der Waals surface area contributed by atoms with E-state index < -0.39 is 0 Å². The number of allylic oxidation sites excluding steroid dienone is 1. The molecule has 0 heterocycles. The standard InChI is InChI=1S/C12H21NO3/c1-4-16-12(14)11(3)7-5-6-10(2)8-9-13-15/h7,9-10,15H,4-6,8H2,1-3H3/b11-7+,13-9-/t10-/m1/s1. The summed E-state index contributed by atoms with van der Waals surface area (Å²) in [6.45, 7) is 6.04. The molecule has 0 saturated carbocycles. The first-order chi connectivity index (χ1) is 7.61. The number of oxime groups is 1. The Labute approximate surface area is 97.0 Å². The topological polar surface area (TPSA) is 58.9 Å². The van der Waals surface area contributed by atoms with Gasteiger partial charge in [0, 0.05) is 11.8 Å². The van der Waals surface area contributed by atoms with Crippen LogP contribution in [0.4, 0.5) is 0 Å². The van der Waals surface area contributed by atoms with E-state index in [2.05, 4.69) is 12.1 Å². The maximum Gasteiger partial charge on any atom is 0.333 e. The van der Waals surface area contributed by atoms with Crippen LogP contribution in [-0.4, -0.2) is 24.0 Å². The van der Waals surface area contributed by atoms with E-state index in [0.29, 0.717) is 18.1 Å². The van der Waals surface area contributed by atoms with Gasteiger partial charge in [-0.05, 0) is 39.0 Å². The van der Waals surface area contributed by atoms with E-state index >= 15 is 0 Å². The summed E-state index contributed by atoms with van der Waals surface area (Å²) in [5, 5.41) is 11.2. The zero-order valence-electron chi connectivity index (χ0n) is 10.3. The Balaban J connectivity index is 3.85. The lowest BCUT2D eigenvalue weighted by molar-refractivity contribution is -0.138. The summed E-state index contributed by atoms with van der Waals surface area (Å²) in [6, 6.07) is 0. The minimum atomic E-state index is -0.243. The fraction of sp³-hybridized carbons (Fsp3) is 0.667. The van der Waals surface area contributed by atoms with Crippen molar-refractivity contribution in [1.82, 2.24) is 0 Å². The SMILES string of the molecule is CCOC(=O)/C(C)=C/CC[C@@H](C)C/C=N\O. The molecule has 0 saturated heterocycles. The third kappa shape index (κ3) is 7.04. The number of hydrogen-bond donors (Lipinski definition) is 1. The van der Waals surface area contributed by atoms with E-state index in [1.54, 1.807) is 13.8 Å². The second-order valence-corrected chi connectivity index (χ2v) is 3.82. The van der Waals surface area contributed by atoms with E-state index in [4.69, 9.17) is 9.94 Å². The Kier molecular flexibility index (Phi) is 8.21. The normalized spacial score (nSPS) is 14.1. The predicted molar refractivity (Wildman–Crippen MR) is 63.7 cm³/mol. The van der Waals surface area contributed by atoms with E-state index in [1.165, 1.54) is 6.21 Å². The number of carbonyl (C=O) groups excluding carboxylic acids is 1. The molecular weight excluding hydrogens is 206 g/mol. The van der Waals surface area contributed by atoms with Gasteiger partial charge in [0.1, 0.15) is 0 Å². The maximum absolute atomic E-state index is 11.2. The van der Waals surface area contributed by atoms with Crippen molar-refractivity contribution in [1.29, 1.82) is 0 Å². The van der Waals surface area contributed by atoms with Crippen LogP contribution in [0.5, 0.6) is 0 Å². The van der Waals surface area contributed by atoms with Gasteiger partial charge in [0.25, 0.3) is 0 Å². The Morgan fingerprint density at radius 1 is 1.56 bits per heavy atom. The minimum absolute atomic E-state index is 0.243. The van der Waals surface area contributed by atoms with Crippen molar-refractivity contribution in [3.63, 3.8) is 0 Å². The van der Waals surface area contributed by atoms with Crippen molar-refractivity contribution in [2.45, 2.75) is 40.0 Å². The zero-order chi connectivity index (χ0) is 12.4. The highest BCUT2D eigenvalue weighted by atomic mass is 16.5. The van der Waals surface area contributed by atoms with Gasteiger partial charge in [-0.3, -0.25) is 0 Å². The number of rotatable bonds is 7. The van der Waals surface area contributed by atoms with Crippen LogP contribution < -0.4 is 0 Å². The molecule has 16 heavy (non-hydrogen) atoms. The molecule has 0 rings (SSSR count). The molecule has 0 unspecified atom stereocenters. The van der Waals surface area contributed by atoms with Crippen molar-refractivity contribution < 1.29 is 14.7 Å². The highest BCUT2D eigenvalue weighted by Crippen LogP contribution is 2.11. The fourth-order valence-corrected chi connectivity index (χ4v) is 1.26. The quantitative estimate of drug-likeness (QED) is 0.239. The number of nitrogens with zero attached hydrogens (tertiary/aromatic N) is 1. The largest absolute Gasteiger partial charge is 0.463 e. The maximum atomic E-state index is 11.2. The highest BCUT2D eigenvalue weighted by Gasteiger charge is 2.04. The second-order valence-electron chi connectivity index (χ2n) is 3.82. The van der Waals surface area contributed by atoms with Crippen LogP contribution in [0.15, 0.2) is 16.8 Å². The minimum Gasteiger partial charge on any atom is -0.463 e. The molecule has 0 bridgehead atoms. The van der Waals surface area contributed by atoms with E-state index in [1.807, 2.05) is 6.08 Å². The third-order valence-electron chi connectivity index (χ3n) is 2.30. The Morgan fingerprint density at radius 3 is 2.81 bits per heavy atom. The van der Waals surface area contributed by atoms with Crippen molar-refractivity contribution in [2.24, 2.45) is 11.1 Å². The second kappa shape index (κ2) is 8.95. The number of carbonyl (C=O) groups is 1. The lowest BCUT2D eigenvalue weighted by Crippen LogP contribution is -2.05. The molecule has 1 N–H and O–H groups in total. The molecule has 0 aliphatic carbocycles. The molecule has 0 aromatic rings. The lowest BCUT2D eigenvalue weighted by Gasteiger charge is -2.06. The lowest BCUT2D eigenvalue weighted by atomic mass is 10.0. The Hall–Kier alpha value is -1.32. The van der Waals surface area contributed by atoms with E-state index in [9.17, 15) is 4.79 Å². The average molecular weight is 227 g/mol. The molecule has 4 heteroatoms. The molecule has 0 aliphatic rings. The number of esters is 1. The summed E-state index contributed by atoms with van der Waals surface area (Å²) < 4.78 is 4.86. The average Bonchev–Trinajstić information content (AvgIpc) is 2.26. The van der Waals surface area contributed by atoms with Crippen molar-refractivity contribution in [2.75, 3.05) is 6.61 Å². The van der Waals surface area contributed by atoms with Crippen molar-refractivity contribution in [3.05, 3.63) is 11.6 Å². The van der Waals surface area contributed by atoms with Gasteiger partial charge in [-0.1, -0.05) is 13.0 Å². The summed E-state index contributed by atoms with van der Waals surface area (Å²) in [4.78, 5) is 11.2. The first kappa shape index (κ1) is 14.7. The number of hydrogen-bond acceptors (Lipinski definition) is 4. The molecule has 0 aliphatic heterocycles. The molecule has 0 aromatic heterocycles. The summed E-state index contributed by atoms with van der Waals surface area (Å²) in [5.41, 5.74) is 0.657. The van der Waals surface area contributed by atoms with Gasteiger partial charge < -0.3 is 9.94 Å². The van der Waals surface area contributed by atoms with Gasteiger partial charge in [0.15, 0.2) is 0 Å². The molecule has 0 fully saturated rings. The van der Waals surface area contributed by atoms with Crippen LogP contribution in [-0.2, 0) is 9.53 Å². The van der Waals surface area contributed by atoms with Crippen LogP contribution in [0.1, 0.15) is 40.0 Å². The van der Waals surface area contributed by atoms with Crippen LogP contribution in [0.3, 0.4) is 0 Å². The molecule has 92 valence electrons. The molecular formula is C12H21NO3. The van der Waals surface area contributed by atoms with Crippen LogP contribution >= 0.6 is 0 Å². The summed E-state index contributed by atoms with van der Waals surface area (Å²) in [7, 11) is 0. The summed E-state index contributed by atoms with van der Waals surface area (Å²) in [5.74, 6) is 0.203. The summed E-state index contributed by atoms with van der Waals surface area (Å²) in [6.07, 6.45) is 5.94. The molecule has 0 spiro atoms. The zero-order valence-corrected chi connectivity index (χ0v) is 10.3. The van der Waals surface area contributed by atoms with Crippen molar-refractivity contribution in [3.8, 4) is 0 Å². The van der Waals surface area contributed by atoms with Gasteiger partial charge in [-0.25, -0.2) is 4.79 Å². The molecule has 0 amide bonds.